The molecule has 0 radical (unpaired) electrons. The van der Waals surface area contributed by atoms with Crippen LogP contribution in [0.25, 0.3) is 0 Å². The van der Waals surface area contributed by atoms with Crippen LogP contribution in [0.2, 0.25) is 0 Å². The van der Waals surface area contributed by atoms with E-state index in [2.05, 4.69) is 15.3 Å². The van der Waals surface area contributed by atoms with Crippen LogP contribution in [0.5, 0.6) is 11.6 Å². The van der Waals surface area contributed by atoms with Crippen molar-refractivity contribution in [2.24, 2.45) is 0 Å². The van der Waals surface area contributed by atoms with Gasteiger partial charge < -0.3 is 14.8 Å². The van der Waals surface area contributed by atoms with Crippen molar-refractivity contribution >= 4 is 5.95 Å². The summed E-state index contributed by atoms with van der Waals surface area (Å²) in [6.45, 7) is 3.49. The number of anilines is 1. The van der Waals surface area contributed by atoms with Gasteiger partial charge in [0, 0.05) is 25.9 Å². The lowest BCUT2D eigenvalue weighted by atomic mass is 10.1. The zero-order chi connectivity index (χ0) is 14.2. The van der Waals surface area contributed by atoms with Gasteiger partial charge in [-0.3, -0.25) is 0 Å². The molecular weight excluding hydrogens is 254 g/mol. The van der Waals surface area contributed by atoms with Crippen LogP contribution >= 0.6 is 0 Å². The molecule has 0 aliphatic carbocycles. The predicted molar refractivity (Wildman–Crippen MR) is 78.3 cm³/mol. The van der Waals surface area contributed by atoms with Crippen molar-refractivity contribution < 1.29 is 9.47 Å². The molecule has 0 spiro atoms. The lowest BCUT2D eigenvalue weighted by molar-refractivity contribution is 0.202. The molecule has 1 aromatic heterocycles. The van der Waals surface area contributed by atoms with Crippen LogP contribution in [0, 0.1) is 0 Å². The number of benzene rings is 1. The second-order valence-electron chi connectivity index (χ2n) is 4.24. The number of methoxy groups -OCH3 is 1. The molecule has 1 N–H and O–H groups in total. The van der Waals surface area contributed by atoms with Crippen LogP contribution in [0.4, 0.5) is 5.95 Å². The third-order valence-electron chi connectivity index (χ3n) is 2.71. The Kier molecular flexibility index (Phi) is 5.32. The first-order valence-electron chi connectivity index (χ1n) is 6.64. The van der Waals surface area contributed by atoms with E-state index in [0.29, 0.717) is 11.8 Å². The standard InChI is InChI=1S/C15H19N3O2/c1-3-16-15-17-10-8-14(18-15)20-13-6-4-12(5-7-13)9-11-19-2/h4-8,10H,3,9,11H2,1-2H3,(H,16,17,18). The van der Waals surface area contributed by atoms with Crippen LogP contribution in [-0.4, -0.2) is 30.2 Å². The molecule has 20 heavy (non-hydrogen) atoms. The maximum absolute atomic E-state index is 5.70. The number of rotatable bonds is 7. The van der Waals surface area contributed by atoms with E-state index >= 15 is 0 Å². The molecule has 2 aromatic rings. The molecule has 0 saturated heterocycles. The molecule has 5 nitrogen and oxygen atoms in total. The highest BCUT2D eigenvalue weighted by molar-refractivity contribution is 5.33. The average Bonchev–Trinajstić information content (AvgIpc) is 2.47. The highest BCUT2D eigenvalue weighted by Crippen LogP contribution is 2.20. The van der Waals surface area contributed by atoms with Gasteiger partial charge >= 0.3 is 0 Å². The van der Waals surface area contributed by atoms with Crippen LogP contribution in [0.15, 0.2) is 36.5 Å². The SMILES string of the molecule is CCNc1nccc(Oc2ccc(CCOC)cc2)n1. The average molecular weight is 273 g/mol. The van der Waals surface area contributed by atoms with Gasteiger partial charge in [0.1, 0.15) is 5.75 Å². The molecule has 0 bridgehead atoms. The molecule has 106 valence electrons. The number of hydrogen-bond donors (Lipinski definition) is 1. The maximum atomic E-state index is 5.70. The van der Waals surface area contributed by atoms with Crippen LogP contribution in [0.1, 0.15) is 12.5 Å². The second-order valence-corrected chi connectivity index (χ2v) is 4.24. The summed E-state index contributed by atoms with van der Waals surface area (Å²) in [5.74, 6) is 1.86. The monoisotopic (exact) mass is 273 g/mol. The molecule has 0 aliphatic heterocycles. The summed E-state index contributed by atoms with van der Waals surface area (Å²) in [6.07, 6.45) is 2.57. The molecule has 5 heteroatoms. The molecule has 1 aromatic carbocycles. The maximum Gasteiger partial charge on any atom is 0.225 e. The van der Waals surface area contributed by atoms with Crippen LogP contribution in [0.3, 0.4) is 0 Å². The van der Waals surface area contributed by atoms with E-state index in [0.717, 1.165) is 25.3 Å². The number of aromatic nitrogens is 2. The Morgan fingerprint density at radius 2 is 1.95 bits per heavy atom. The minimum Gasteiger partial charge on any atom is -0.439 e. The molecule has 2 rings (SSSR count). The lowest BCUT2D eigenvalue weighted by Gasteiger charge is -2.07. The van der Waals surface area contributed by atoms with E-state index < -0.39 is 0 Å². The third kappa shape index (κ3) is 4.20. The first-order valence-corrected chi connectivity index (χ1v) is 6.64. The minimum absolute atomic E-state index is 0.528. The zero-order valence-electron chi connectivity index (χ0n) is 11.8. The first-order chi connectivity index (χ1) is 9.81. The van der Waals surface area contributed by atoms with Crippen molar-refractivity contribution in [3.8, 4) is 11.6 Å². The largest absolute Gasteiger partial charge is 0.439 e. The normalized spacial score (nSPS) is 10.3. The Morgan fingerprint density at radius 3 is 2.65 bits per heavy atom. The van der Waals surface area contributed by atoms with E-state index in [4.69, 9.17) is 9.47 Å². The molecule has 1 heterocycles. The molecule has 0 atom stereocenters. The summed E-state index contributed by atoms with van der Waals surface area (Å²) >= 11 is 0. The quantitative estimate of drug-likeness (QED) is 0.840. The van der Waals surface area contributed by atoms with Gasteiger partial charge in [-0.05, 0) is 31.0 Å². The highest BCUT2D eigenvalue weighted by atomic mass is 16.5. The van der Waals surface area contributed by atoms with Gasteiger partial charge in [-0.2, -0.15) is 4.98 Å². The predicted octanol–water partition coefficient (Wildman–Crippen LogP) is 2.89. The van der Waals surface area contributed by atoms with Crippen molar-refractivity contribution in [3.63, 3.8) is 0 Å². The van der Waals surface area contributed by atoms with Crippen molar-refractivity contribution in [3.05, 3.63) is 42.1 Å². The van der Waals surface area contributed by atoms with Crippen LogP contribution < -0.4 is 10.1 Å². The first kappa shape index (κ1) is 14.3. The lowest BCUT2D eigenvalue weighted by Crippen LogP contribution is -2.02. The Morgan fingerprint density at radius 1 is 1.15 bits per heavy atom. The number of ether oxygens (including phenoxy) is 2. The smallest absolute Gasteiger partial charge is 0.225 e. The summed E-state index contributed by atoms with van der Waals surface area (Å²) in [4.78, 5) is 8.37. The Balaban J connectivity index is 2.00. The number of hydrogen-bond acceptors (Lipinski definition) is 5. The van der Waals surface area contributed by atoms with E-state index in [1.807, 2.05) is 31.2 Å². The fraction of sp³-hybridized carbons (Fsp3) is 0.333. The summed E-state index contributed by atoms with van der Waals surface area (Å²) in [5, 5.41) is 3.05. The number of nitrogens with one attached hydrogen (secondary N) is 1. The van der Waals surface area contributed by atoms with Gasteiger partial charge in [0.15, 0.2) is 0 Å². The van der Waals surface area contributed by atoms with E-state index in [1.165, 1.54) is 5.56 Å². The van der Waals surface area contributed by atoms with Crippen molar-refractivity contribution in [1.29, 1.82) is 0 Å². The Bertz CT molecular complexity index is 529. The topological polar surface area (TPSA) is 56.3 Å². The molecule has 0 saturated carbocycles. The molecule has 0 fully saturated rings. The zero-order valence-corrected chi connectivity index (χ0v) is 11.8. The van der Waals surface area contributed by atoms with E-state index in [-0.39, 0.29) is 0 Å². The summed E-state index contributed by atoms with van der Waals surface area (Å²) in [5.41, 5.74) is 1.22. The molecular formula is C15H19N3O2. The minimum atomic E-state index is 0.528. The number of nitrogens with zero attached hydrogens (tertiary/aromatic N) is 2. The van der Waals surface area contributed by atoms with E-state index in [1.54, 1.807) is 19.4 Å². The summed E-state index contributed by atoms with van der Waals surface area (Å²) in [7, 11) is 1.70. The van der Waals surface area contributed by atoms with Gasteiger partial charge in [0.25, 0.3) is 0 Å². The Hall–Kier alpha value is -2.14. The third-order valence-corrected chi connectivity index (χ3v) is 2.71. The molecule has 0 aliphatic rings. The van der Waals surface area contributed by atoms with Gasteiger partial charge in [-0.15, -0.1) is 0 Å². The van der Waals surface area contributed by atoms with Gasteiger partial charge in [-0.1, -0.05) is 12.1 Å². The summed E-state index contributed by atoms with van der Waals surface area (Å²) < 4.78 is 10.8. The van der Waals surface area contributed by atoms with Crippen molar-refractivity contribution in [1.82, 2.24) is 9.97 Å². The Labute approximate surface area is 119 Å². The van der Waals surface area contributed by atoms with Crippen molar-refractivity contribution in [2.45, 2.75) is 13.3 Å². The highest BCUT2D eigenvalue weighted by Gasteiger charge is 2.01. The molecule has 0 unspecified atom stereocenters. The summed E-state index contributed by atoms with van der Waals surface area (Å²) in [6, 6.07) is 9.65. The fourth-order valence-corrected chi connectivity index (χ4v) is 1.71. The van der Waals surface area contributed by atoms with Crippen molar-refractivity contribution in [2.75, 3.05) is 25.6 Å². The van der Waals surface area contributed by atoms with Gasteiger partial charge in [-0.25, -0.2) is 4.98 Å². The molecule has 0 amide bonds. The fourth-order valence-electron chi connectivity index (χ4n) is 1.71. The van der Waals surface area contributed by atoms with Gasteiger partial charge in [0.2, 0.25) is 11.8 Å². The van der Waals surface area contributed by atoms with E-state index in [9.17, 15) is 0 Å². The second kappa shape index (κ2) is 7.45. The van der Waals surface area contributed by atoms with Crippen LogP contribution in [-0.2, 0) is 11.2 Å². The van der Waals surface area contributed by atoms with Gasteiger partial charge in [0.05, 0.1) is 6.61 Å².